The predicted molar refractivity (Wildman–Crippen MR) is 133 cm³/mol. The molecule has 2 aromatic heterocycles. The normalized spacial score (nSPS) is 14.3. The lowest BCUT2D eigenvalue weighted by Crippen LogP contribution is -2.35. The number of halogens is 2. The summed E-state index contributed by atoms with van der Waals surface area (Å²) >= 11 is 6.36. The van der Waals surface area contributed by atoms with Crippen LogP contribution in [0.1, 0.15) is 26.2 Å². The predicted octanol–water partition coefficient (Wildman–Crippen LogP) is 4.03. The number of carbonyl (C=O) groups excluding carboxylic acids is 1. The van der Waals surface area contributed by atoms with Crippen molar-refractivity contribution in [2.45, 2.75) is 32.4 Å². The van der Waals surface area contributed by atoms with E-state index in [1.165, 1.54) is 17.9 Å². The molecule has 1 N–H and O–H groups in total. The largest absolute Gasteiger partial charge is 0.494 e. The number of ketones is 1. The van der Waals surface area contributed by atoms with Gasteiger partial charge in [0, 0.05) is 43.7 Å². The minimum absolute atomic E-state index is 0.0691. The number of fused-ring (bicyclic) bond motifs is 1. The third-order valence-corrected chi connectivity index (χ3v) is 6.22. The quantitative estimate of drug-likeness (QED) is 0.492. The topological polar surface area (TPSA) is 98.6 Å². The molecule has 1 aromatic carbocycles. The van der Waals surface area contributed by atoms with E-state index in [1.807, 2.05) is 4.90 Å². The number of benzene rings is 1. The zero-order valence-corrected chi connectivity index (χ0v) is 20.6. The monoisotopic (exact) mass is 503 g/mol. The number of anilines is 3. The molecule has 3 heterocycles. The highest BCUT2D eigenvalue weighted by atomic mass is 35.5. The van der Waals surface area contributed by atoms with Crippen LogP contribution in [0.3, 0.4) is 0 Å². The maximum Gasteiger partial charge on any atom is 0.293 e. The Morgan fingerprint density at radius 3 is 2.69 bits per heavy atom. The van der Waals surface area contributed by atoms with Gasteiger partial charge >= 0.3 is 0 Å². The number of hydrogen-bond acceptors (Lipinski definition) is 8. The third-order valence-electron chi connectivity index (χ3n) is 5.95. The number of aryl methyl sites for hydroxylation is 1. The Labute approximate surface area is 206 Å². The molecule has 4 rings (SSSR count). The molecule has 186 valence electrons. The van der Waals surface area contributed by atoms with Gasteiger partial charge in [0.15, 0.2) is 17.4 Å². The summed E-state index contributed by atoms with van der Waals surface area (Å²) in [7, 11) is 3.13. The zero-order chi connectivity index (χ0) is 25.1. The van der Waals surface area contributed by atoms with Gasteiger partial charge in [-0.2, -0.15) is 4.98 Å². The van der Waals surface area contributed by atoms with E-state index in [0.717, 1.165) is 0 Å². The van der Waals surface area contributed by atoms with Gasteiger partial charge in [0.2, 0.25) is 5.95 Å². The summed E-state index contributed by atoms with van der Waals surface area (Å²) in [6.07, 6.45) is 1.90. The number of alkyl halides is 1. The van der Waals surface area contributed by atoms with Crippen LogP contribution in [0.4, 0.5) is 21.8 Å². The summed E-state index contributed by atoms with van der Waals surface area (Å²) < 4.78 is 26.0. The fraction of sp³-hybridized carbons (Fsp3) is 0.417. The van der Waals surface area contributed by atoms with Crippen molar-refractivity contribution in [3.63, 3.8) is 0 Å². The third kappa shape index (κ3) is 5.32. The summed E-state index contributed by atoms with van der Waals surface area (Å²) in [5, 5.41) is 4.17. The van der Waals surface area contributed by atoms with Crippen molar-refractivity contribution >= 4 is 45.7 Å². The molecule has 1 saturated heterocycles. The van der Waals surface area contributed by atoms with E-state index in [0.29, 0.717) is 71.5 Å². The molecular formula is C24H27ClFN5O4. The first-order valence-corrected chi connectivity index (χ1v) is 11.7. The van der Waals surface area contributed by atoms with E-state index in [-0.39, 0.29) is 23.7 Å². The van der Waals surface area contributed by atoms with Crippen molar-refractivity contribution < 1.29 is 18.7 Å². The number of carbonyl (C=O) groups is 1. The molecule has 1 aliphatic heterocycles. The summed E-state index contributed by atoms with van der Waals surface area (Å²) in [5.41, 5.74) is 0.805. The maximum atomic E-state index is 13.5. The Morgan fingerprint density at radius 1 is 1.26 bits per heavy atom. The van der Waals surface area contributed by atoms with E-state index in [4.69, 9.17) is 21.1 Å². The van der Waals surface area contributed by atoms with E-state index in [1.54, 1.807) is 32.2 Å². The van der Waals surface area contributed by atoms with Crippen LogP contribution in [0.2, 0.25) is 5.02 Å². The molecule has 0 atom stereocenters. The molecular weight excluding hydrogens is 477 g/mol. The Balaban J connectivity index is 1.69. The van der Waals surface area contributed by atoms with Crippen LogP contribution in [-0.2, 0) is 11.8 Å². The van der Waals surface area contributed by atoms with Gasteiger partial charge in [-0.15, -0.1) is 0 Å². The highest BCUT2D eigenvalue weighted by Gasteiger charge is 2.21. The Bertz CT molecular complexity index is 1310. The molecule has 1 fully saturated rings. The minimum atomic E-state index is -0.800. The Morgan fingerprint density at radius 2 is 2.00 bits per heavy atom. The van der Waals surface area contributed by atoms with E-state index in [9.17, 15) is 14.0 Å². The first-order valence-electron chi connectivity index (χ1n) is 11.4. The van der Waals surface area contributed by atoms with E-state index >= 15 is 0 Å². The fourth-order valence-electron chi connectivity index (χ4n) is 3.94. The average molecular weight is 504 g/mol. The molecule has 0 spiro atoms. The molecule has 11 heteroatoms. The number of rotatable bonds is 8. The summed E-state index contributed by atoms with van der Waals surface area (Å²) in [6.45, 7) is 2.62. The van der Waals surface area contributed by atoms with Gasteiger partial charge in [-0.25, -0.2) is 9.37 Å². The van der Waals surface area contributed by atoms with Crippen molar-refractivity contribution in [1.82, 2.24) is 14.5 Å². The number of ether oxygens (including phenoxy) is 2. The first-order chi connectivity index (χ1) is 16.8. The lowest BCUT2D eigenvalue weighted by molar-refractivity contribution is -0.120. The number of piperidine rings is 1. The van der Waals surface area contributed by atoms with Crippen LogP contribution in [0.25, 0.3) is 10.9 Å². The molecule has 0 saturated carbocycles. The number of pyridine rings is 1. The van der Waals surface area contributed by atoms with Crippen LogP contribution >= 0.6 is 11.6 Å². The average Bonchev–Trinajstić information content (AvgIpc) is 2.86. The van der Waals surface area contributed by atoms with E-state index < -0.39 is 6.17 Å². The fourth-order valence-corrected chi connectivity index (χ4v) is 4.08. The molecule has 1 aliphatic rings. The first kappa shape index (κ1) is 24.7. The molecule has 9 nitrogen and oxygen atoms in total. The van der Waals surface area contributed by atoms with Crippen LogP contribution in [-0.4, -0.2) is 53.3 Å². The highest BCUT2D eigenvalue weighted by molar-refractivity contribution is 6.32. The number of Topliss-reactive ketones (excluding diaryl/α,β-unsaturated/α-hetero) is 1. The van der Waals surface area contributed by atoms with Gasteiger partial charge in [0.05, 0.1) is 18.8 Å². The van der Waals surface area contributed by atoms with Crippen LogP contribution in [0.15, 0.2) is 29.2 Å². The van der Waals surface area contributed by atoms with Gasteiger partial charge in [-0.05, 0) is 25.0 Å². The zero-order valence-electron chi connectivity index (χ0n) is 19.8. The van der Waals surface area contributed by atoms with Crippen molar-refractivity contribution in [3.05, 3.63) is 39.8 Å². The molecule has 0 radical (unpaired) electrons. The standard InChI is InChI=1S/C24H27ClFN5O4/c1-4-17(32)13-35-20-10-14-9-16(11-19(34-3)21(14)30(2)23(20)33)28-22-18(25)12-27-24(29-22)31-7-5-15(26)6-8-31/h9-12,15H,4-8,13H2,1-3H3,(H,27,28,29). The lowest BCUT2D eigenvalue weighted by Gasteiger charge is -2.28. The van der Waals surface area contributed by atoms with Crippen LogP contribution in [0.5, 0.6) is 11.5 Å². The SMILES string of the molecule is CCC(=O)COc1cc2cc(Nc3nc(N4CCC(F)CC4)ncc3Cl)cc(OC)c2n(C)c1=O. The van der Waals surface area contributed by atoms with Crippen LogP contribution < -0.4 is 25.2 Å². The van der Waals surface area contributed by atoms with Gasteiger partial charge in [-0.3, -0.25) is 9.59 Å². The van der Waals surface area contributed by atoms with E-state index in [2.05, 4.69) is 15.3 Å². The molecule has 0 aliphatic carbocycles. The van der Waals surface area contributed by atoms with Gasteiger partial charge < -0.3 is 24.3 Å². The number of aromatic nitrogens is 3. The smallest absolute Gasteiger partial charge is 0.293 e. The van der Waals surface area contributed by atoms with Gasteiger partial charge in [0.25, 0.3) is 5.56 Å². The molecule has 3 aromatic rings. The van der Waals surface area contributed by atoms with Gasteiger partial charge in [0.1, 0.15) is 23.6 Å². The molecule has 0 unspecified atom stereocenters. The van der Waals surface area contributed by atoms with Crippen molar-refractivity contribution in [1.29, 1.82) is 0 Å². The molecule has 35 heavy (non-hydrogen) atoms. The second-order valence-corrected chi connectivity index (χ2v) is 8.73. The highest BCUT2D eigenvalue weighted by Crippen LogP contribution is 2.33. The van der Waals surface area contributed by atoms with Gasteiger partial charge in [-0.1, -0.05) is 18.5 Å². The second kappa shape index (κ2) is 10.5. The summed E-state index contributed by atoms with van der Waals surface area (Å²) in [4.78, 5) is 35.2. The Hall–Kier alpha value is -3.40. The number of hydrogen-bond donors (Lipinski definition) is 1. The van der Waals surface area contributed by atoms with Crippen molar-refractivity contribution in [2.24, 2.45) is 7.05 Å². The Kier molecular flexibility index (Phi) is 7.39. The number of methoxy groups -OCH3 is 1. The molecule has 0 amide bonds. The molecule has 0 bridgehead atoms. The summed E-state index contributed by atoms with van der Waals surface area (Å²) in [5.74, 6) is 1.27. The number of nitrogens with zero attached hydrogens (tertiary/aromatic N) is 4. The van der Waals surface area contributed by atoms with Crippen molar-refractivity contribution in [3.8, 4) is 11.5 Å². The summed E-state index contributed by atoms with van der Waals surface area (Å²) in [6, 6.07) is 5.12. The lowest BCUT2D eigenvalue weighted by atomic mass is 10.1. The minimum Gasteiger partial charge on any atom is -0.494 e. The van der Waals surface area contributed by atoms with Crippen LogP contribution in [0, 0.1) is 0 Å². The van der Waals surface area contributed by atoms with Crippen molar-refractivity contribution in [2.75, 3.05) is 37.0 Å². The maximum absolute atomic E-state index is 13.5. The second-order valence-electron chi connectivity index (χ2n) is 8.32. The number of nitrogens with one attached hydrogen (secondary N) is 1.